The first kappa shape index (κ1) is 15.8. The molecule has 1 saturated heterocycles. The summed E-state index contributed by atoms with van der Waals surface area (Å²) in [5.41, 5.74) is 0.677. The number of carbonyl (C=O) groups excluding carboxylic acids is 2. The SMILES string of the molecule is O=C(Nc1n[nH]c(=S)s1)c1ccccc1C(=O)N1CCOCC1. The van der Waals surface area contributed by atoms with Crippen molar-refractivity contribution < 1.29 is 14.3 Å². The number of aromatic nitrogens is 2. The van der Waals surface area contributed by atoms with Gasteiger partial charge >= 0.3 is 0 Å². The highest BCUT2D eigenvalue weighted by Crippen LogP contribution is 2.17. The Bertz CT molecular complexity index is 780. The molecule has 1 aliphatic rings. The maximum absolute atomic E-state index is 12.6. The Balaban J connectivity index is 1.83. The molecule has 1 fully saturated rings. The molecule has 2 amide bonds. The van der Waals surface area contributed by atoms with Crippen LogP contribution in [0.2, 0.25) is 0 Å². The first-order valence-electron chi connectivity index (χ1n) is 6.98. The van der Waals surface area contributed by atoms with Gasteiger partial charge in [-0.3, -0.25) is 20.0 Å². The number of ether oxygens (including phenoxy) is 1. The summed E-state index contributed by atoms with van der Waals surface area (Å²) in [6, 6.07) is 6.73. The van der Waals surface area contributed by atoms with Gasteiger partial charge in [-0.1, -0.05) is 23.5 Å². The second-order valence-corrected chi connectivity index (χ2v) is 6.49. The van der Waals surface area contributed by atoms with Crippen molar-refractivity contribution in [1.82, 2.24) is 15.1 Å². The third-order valence-corrected chi connectivity index (χ3v) is 4.36. The summed E-state index contributed by atoms with van der Waals surface area (Å²) < 4.78 is 5.72. The van der Waals surface area contributed by atoms with Crippen LogP contribution in [0.25, 0.3) is 0 Å². The van der Waals surface area contributed by atoms with Crippen molar-refractivity contribution in [3.63, 3.8) is 0 Å². The van der Waals surface area contributed by atoms with Crippen LogP contribution >= 0.6 is 23.6 Å². The highest BCUT2D eigenvalue weighted by Gasteiger charge is 2.23. The minimum atomic E-state index is -0.389. The van der Waals surface area contributed by atoms with E-state index < -0.39 is 0 Å². The Morgan fingerprint density at radius 2 is 1.96 bits per heavy atom. The molecule has 0 unspecified atom stereocenters. The molecule has 0 radical (unpaired) electrons. The Labute approximate surface area is 141 Å². The lowest BCUT2D eigenvalue weighted by molar-refractivity contribution is 0.0302. The van der Waals surface area contributed by atoms with Gasteiger partial charge in [-0.2, -0.15) is 0 Å². The fourth-order valence-electron chi connectivity index (χ4n) is 2.25. The van der Waals surface area contributed by atoms with Crippen molar-refractivity contribution in [2.24, 2.45) is 0 Å². The third kappa shape index (κ3) is 3.63. The molecule has 1 aliphatic heterocycles. The van der Waals surface area contributed by atoms with Crippen LogP contribution in [0.4, 0.5) is 5.13 Å². The molecule has 9 heteroatoms. The standard InChI is InChI=1S/C14H14N4O3S2/c19-11(15-13-16-17-14(22)23-13)9-3-1-2-4-10(9)12(20)18-5-7-21-8-6-18/h1-4H,5-8H2,(H,17,22)(H,15,16,19). The van der Waals surface area contributed by atoms with E-state index in [-0.39, 0.29) is 11.8 Å². The topological polar surface area (TPSA) is 87.3 Å². The van der Waals surface area contributed by atoms with E-state index in [0.717, 1.165) is 11.3 Å². The van der Waals surface area contributed by atoms with Gasteiger partial charge in [0.1, 0.15) is 0 Å². The van der Waals surface area contributed by atoms with Crippen LogP contribution in [0.3, 0.4) is 0 Å². The van der Waals surface area contributed by atoms with Crippen LogP contribution in [0.15, 0.2) is 24.3 Å². The van der Waals surface area contributed by atoms with Gasteiger partial charge in [0.05, 0.1) is 24.3 Å². The lowest BCUT2D eigenvalue weighted by atomic mass is 10.1. The van der Waals surface area contributed by atoms with E-state index in [1.165, 1.54) is 0 Å². The number of nitrogens with zero attached hydrogens (tertiary/aromatic N) is 2. The summed E-state index contributed by atoms with van der Waals surface area (Å²) in [6.45, 7) is 2.07. The molecule has 7 nitrogen and oxygen atoms in total. The second kappa shape index (κ2) is 6.99. The van der Waals surface area contributed by atoms with Crippen molar-refractivity contribution in [3.05, 3.63) is 39.3 Å². The fraction of sp³-hybridized carbons (Fsp3) is 0.286. The molecule has 0 aliphatic carbocycles. The number of morpholine rings is 1. The lowest BCUT2D eigenvalue weighted by Gasteiger charge is -2.27. The van der Waals surface area contributed by atoms with Gasteiger partial charge in [-0.15, -0.1) is 5.10 Å². The minimum Gasteiger partial charge on any atom is -0.378 e. The number of aromatic amines is 1. The summed E-state index contributed by atoms with van der Waals surface area (Å²) in [4.78, 5) is 26.8. The van der Waals surface area contributed by atoms with Crippen molar-refractivity contribution in [2.45, 2.75) is 0 Å². The number of anilines is 1. The first-order chi connectivity index (χ1) is 11.1. The number of nitrogens with one attached hydrogen (secondary N) is 2. The Kier molecular flexibility index (Phi) is 4.79. The molecule has 0 saturated carbocycles. The van der Waals surface area contributed by atoms with Crippen LogP contribution in [0, 0.1) is 3.95 Å². The smallest absolute Gasteiger partial charge is 0.258 e. The zero-order valence-electron chi connectivity index (χ0n) is 12.1. The summed E-state index contributed by atoms with van der Waals surface area (Å²) in [5, 5.41) is 9.51. The first-order valence-corrected chi connectivity index (χ1v) is 8.20. The van der Waals surface area contributed by atoms with E-state index in [0.29, 0.717) is 46.5 Å². The van der Waals surface area contributed by atoms with E-state index in [2.05, 4.69) is 15.5 Å². The normalized spacial score (nSPS) is 14.5. The highest BCUT2D eigenvalue weighted by atomic mass is 32.1. The van der Waals surface area contributed by atoms with E-state index >= 15 is 0 Å². The number of rotatable bonds is 3. The number of H-pyrrole nitrogens is 1. The Hall–Kier alpha value is -2.10. The highest BCUT2D eigenvalue weighted by molar-refractivity contribution is 7.73. The lowest BCUT2D eigenvalue weighted by Crippen LogP contribution is -2.41. The number of hydrogen-bond donors (Lipinski definition) is 2. The molecule has 0 spiro atoms. The average molecular weight is 350 g/mol. The van der Waals surface area contributed by atoms with Crippen LogP contribution in [0.5, 0.6) is 0 Å². The zero-order chi connectivity index (χ0) is 16.2. The Morgan fingerprint density at radius 1 is 1.26 bits per heavy atom. The zero-order valence-corrected chi connectivity index (χ0v) is 13.7. The predicted octanol–water partition coefficient (Wildman–Crippen LogP) is 1.93. The molecule has 3 rings (SSSR count). The summed E-state index contributed by atoms with van der Waals surface area (Å²) in [6.07, 6.45) is 0. The molecular weight excluding hydrogens is 336 g/mol. The Morgan fingerprint density at radius 3 is 2.61 bits per heavy atom. The summed E-state index contributed by atoms with van der Waals surface area (Å²) in [5.74, 6) is -0.561. The molecule has 2 heterocycles. The number of benzene rings is 1. The quantitative estimate of drug-likeness (QED) is 0.826. The van der Waals surface area contributed by atoms with Gasteiger partial charge in [0, 0.05) is 13.1 Å². The van der Waals surface area contributed by atoms with Crippen molar-refractivity contribution in [1.29, 1.82) is 0 Å². The van der Waals surface area contributed by atoms with E-state index in [9.17, 15) is 9.59 Å². The van der Waals surface area contributed by atoms with Crippen LogP contribution in [-0.2, 0) is 4.74 Å². The van der Waals surface area contributed by atoms with Crippen LogP contribution < -0.4 is 5.32 Å². The van der Waals surface area contributed by atoms with Gasteiger partial charge in [-0.05, 0) is 24.4 Å². The molecule has 2 aromatic rings. The van der Waals surface area contributed by atoms with Crippen molar-refractivity contribution in [3.8, 4) is 0 Å². The predicted molar refractivity (Wildman–Crippen MR) is 88.4 cm³/mol. The van der Waals surface area contributed by atoms with Gasteiger partial charge in [0.25, 0.3) is 11.8 Å². The summed E-state index contributed by atoms with van der Waals surface area (Å²) in [7, 11) is 0. The van der Waals surface area contributed by atoms with Gasteiger partial charge in [0.15, 0.2) is 3.95 Å². The molecule has 120 valence electrons. The van der Waals surface area contributed by atoms with E-state index in [1.807, 2.05) is 0 Å². The number of carbonyl (C=O) groups is 2. The molecule has 0 atom stereocenters. The number of hydrogen-bond acceptors (Lipinski definition) is 6. The third-order valence-electron chi connectivity index (χ3n) is 3.36. The van der Waals surface area contributed by atoms with Crippen molar-refractivity contribution >= 4 is 40.5 Å². The van der Waals surface area contributed by atoms with E-state index in [4.69, 9.17) is 17.0 Å². The summed E-state index contributed by atoms with van der Waals surface area (Å²) >= 11 is 6.09. The van der Waals surface area contributed by atoms with Crippen LogP contribution in [-0.4, -0.2) is 53.2 Å². The molecule has 23 heavy (non-hydrogen) atoms. The average Bonchev–Trinajstić information content (AvgIpc) is 3.00. The monoisotopic (exact) mass is 350 g/mol. The molecule has 0 bridgehead atoms. The second-order valence-electron chi connectivity index (χ2n) is 4.82. The maximum Gasteiger partial charge on any atom is 0.258 e. The van der Waals surface area contributed by atoms with E-state index in [1.54, 1.807) is 29.2 Å². The molecular formula is C14H14N4O3S2. The van der Waals surface area contributed by atoms with Crippen molar-refractivity contribution in [2.75, 3.05) is 31.6 Å². The largest absolute Gasteiger partial charge is 0.378 e. The molecule has 1 aromatic heterocycles. The minimum absolute atomic E-state index is 0.172. The fourth-order valence-corrected chi connectivity index (χ4v) is 3.04. The maximum atomic E-state index is 12.6. The molecule has 1 aromatic carbocycles. The van der Waals surface area contributed by atoms with Crippen LogP contribution in [0.1, 0.15) is 20.7 Å². The van der Waals surface area contributed by atoms with Gasteiger partial charge in [-0.25, -0.2) is 0 Å². The van der Waals surface area contributed by atoms with Gasteiger partial charge in [0.2, 0.25) is 5.13 Å². The molecule has 2 N–H and O–H groups in total. The number of amides is 2. The van der Waals surface area contributed by atoms with Gasteiger partial charge < -0.3 is 9.64 Å².